The molecule has 10 heteroatoms. The van der Waals surface area contributed by atoms with E-state index >= 15 is 0 Å². The van der Waals surface area contributed by atoms with E-state index in [-0.39, 0.29) is 6.61 Å². The molecular formula is C29H28Cl2N6O2. The van der Waals surface area contributed by atoms with Crippen molar-refractivity contribution in [3.63, 3.8) is 0 Å². The van der Waals surface area contributed by atoms with Gasteiger partial charge in [-0.15, -0.1) is 0 Å². The Kier molecular flexibility index (Phi) is 8.46. The van der Waals surface area contributed by atoms with Gasteiger partial charge < -0.3 is 15.2 Å². The molecule has 0 unspecified atom stereocenters. The molecule has 0 bridgehead atoms. The van der Waals surface area contributed by atoms with E-state index in [1.807, 2.05) is 30.5 Å². The molecule has 8 nitrogen and oxygen atoms in total. The Morgan fingerprint density at radius 3 is 2.49 bits per heavy atom. The Bertz CT molecular complexity index is 1520. The monoisotopic (exact) mass is 562 g/mol. The van der Waals surface area contributed by atoms with E-state index in [4.69, 9.17) is 38.0 Å². The van der Waals surface area contributed by atoms with Gasteiger partial charge in [-0.2, -0.15) is 5.26 Å². The van der Waals surface area contributed by atoms with Crippen molar-refractivity contribution >= 4 is 45.5 Å². The highest BCUT2D eigenvalue weighted by Gasteiger charge is 2.17. The van der Waals surface area contributed by atoms with Gasteiger partial charge in [-0.3, -0.25) is 19.8 Å². The molecule has 4 aromatic rings. The van der Waals surface area contributed by atoms with E-state index in [9.17, 15) is 5.26 Å². The largest absolute Gasteiger partial charge is 0.495 e. The minimum absolute atomic E-state index is 0.207. The second-order valence-electron chi connectivity index (χ2n) is 9.38. The SMILES string of the molecule is COc1cc(Nc2c(C#N)cnc3cc(-c4ccc(CN5CCN(CCO)CC5)cn4)ccc23)c(Cl)cc1Cl. The summed E-state index contributed by atoms with van der Waals surface area (Å²) in [6.45, 7) is 5.70. The van der Waals surface area contributed by atoms with Crippen LogP contribution in [-0.2, 0) is 6.54 Å². The normalized spacial score (nSPS) is 14.3. The van der Waals surface area contributed by atoms with Crippen molar-refractivity contribution < 1.29 is 9.84 Å². The molecule has 3 heterocycles. The van der Waals surface area contributed by atoms with E-state index < -0.39 is 0 Å². The average Bonchev–Trinajstić information content (AvgIpc) is 2.96. The second-order valence-corrected chi connectivity index (χ2v) is 10.2. The number of nitriles is 1. The van der Waals surface area contributed by atoms with Crippen LogP contribution in [0.1, 0.15) is 11.1 Å². The van der Waals surface area contributed by atoms with Gasteiger partial charge in [0.2, 0.25) is 0 Å². The topological polar surface area (TPSA) is 97.5 Å². The fraction of sp³-hybridized carbons (Fsp3) is 0.276. The first-order valence-electron chi connectivity index (χ1n) is 12.6. The van der Waals surface area contributed by atoms with Gasteiger partial charge in [-0.05, 0) is 29.8 Å². The van der Waals surface area contributed by atoms with Crippen LogP contribution in [0, 0.1) is 11.3 Å². The number of hydrogen-bond donors (Lipinski definition) is 2. The first-order chi connectivity index (χ1) is 19.0. The van der Waals surface area contributed by atoms with Crippen molar-refractivity contribution in [2.24, 2.45) is 0 Å². The third-order valence-electron chi connectivity index (χ3n) is 6.90. The van der Waals surface area contributed by atoms with Gasteiger partial charge in [0.25, 0.3) is 0 Å². The molecule has 1 aliphatic heterocycles. The Labute approximate surface area is 237 Å². The van der Waals surface area contributed by atoms with Crippen LogP contribution in [0.3, 0.4) is 0 Å². The number of rotatable bonds is 8. The number of piperazine rings is 1. The predicted molar refractivity (Wildman–Crippen MR) is 155 cm³/mol. The standard InChI is InChI=1S/C29H28Cl2N6O2/c1-39-28-14-27(23(30)13-24(28)31)35-29-21(15-32)17-34-26-12-20(3-4-22(26)29)25-5-2-19(16-33-25)18-37-8-6-36(7-9-37)10-11-38/h2-5,12-14,16-17,38H,6-11,18H2,1H3,(H,34,35). The van der Waals surface area contributed by atoms with Crippen LogP contribution in [0.5, 0.6) is 5.75 Å². The van der Waals surface area contributed by atoms with E-state index in [2.05, 4.69) is 32.2 Å². The molecule has 0 atom stereocenters. The number of aliphatic hydroxyl groups excluding tert-OH is 1. The van der Waals surface area contributed by atoms with E-state index in [0.717, 1.165) is 67.0 Å². The van der Waals surface area contributed by atoms with E-state index in [0.29, 0.717) is 32.7 Å². The summed E-state index contributed by atoms with van der Waals surface area (Å²) in [5.41, 5.74) is 5.22. The lowest BCUT2D eigenvalue weighted by Gasteiger charge is -2.34. The molecule has 5 rings (SSSR count). The van der Waals surface area contributed by atoms with Gasteiger partial charge in [0.1, 0.15) is 11.8 Å². The van der Waals surface area contributed by atoms with Crippen LogP contribution in [0.15, 0.2) is 54.9 Å². The molecule has 0 amide bonds. The molecular weight excluding hydrogens is 535 g/mol. The lowest BCUT2D eigenvalue weighted by molar-refractivity contribution is 0.108. The number of β-amino-alcohol motifs (C(OH)–C–C–N with tert-alkyl or cyclic N) is 1. The average molecular weight is 563 g/mol. The number of fused-ring (bicyclic) bond motifs is 1. The summed E-state index contributed by atoms with van der Waals surface area (Å²) in [5, 5.41) is 23.7. The van der Waals surface area contributed by atoms with Crippen LogP contribution in [0.25, 0.3) is 22.2 Å². The number of anilines is 2. The number of pyridine rings is 2. The zero-order valence-electron chi connectivity index (χ0n) is 21.5. The summed E-state index contributed by atoms with van der Waals surface area (Å²) in [5.74, 6) is 0.473. The minimum atomic E-state index is 0.207. The molecule has 1 saturated heterocycles. The Balaban J connectivity index is 1.37. The molecule has 2 N–H and O–H groups in total. The highest BCUT2D eigenvalue weighted by molar-refractivity contribution is 6.37. The maximum Gasteiger partial charge on any atom is 0.139 e. The maximum absolute atomic E-state index is 9.75. The molecule has 1 fully saturated rings. The summed E-state index contributed by atoms with van der Waals surface area (Å²) >= 11 is 12.6. The predicted octanol–water partition coefficient (Wildman–Crippen LogP) is 5.34. The summed E-state index contributed by atoms with van der Waals surface area (Å²) < 4.78 is 5.32. The molecule has 1 aliphatic rings. The number of nitrogens with zero attached hydrogens (tertiary/aromatic N) is 5. The number of nitrogens with one attached hydrogen (secondary N) is 1. The van der Waals surface area contributed by atoms with Crippen molar-refractivity contribution in [3.8, 4) is 23.1 Å². The molecule has 2 aromatic heterocycles. The third-order valence-corrected chi connectivity index (χ3v) is 7.51. The van der Waals surface area contributed by atoms with Crippen LogP contribution < -0.4 is 10.1 Å². The third kappa shape index (κ3) is 6.09. The zero-order valence-corrected chi connectivity index (χ0v) is 23.0. The number of aromatic nitrogens is 2. The van der Waals surface area contributed by atoms with Gasteiger partial charge >= 0.3 is 0 Å². The quantitative estimate of drug-likeness (QED) is 0.297. The molecule has 0 radical (unpaired) electrons. The van der Waals surface area contributed by atoms with Crippen molar-refractivity contribution in [1.29, 1.82) is 5.26 Å². The van der Waals surface area contributed by atoms with Crippen LogP contribution in [0.2, 0.25) is 10.0 Å². The van der Waals surface area contributed by atoms with Crippen LogP contribution in [-0.4, -0.2) is 71.3 Å². The fourth-order valence-electron chi connectivity index (χ4n) is 4.75. The van der Waals surface area contributed by atoms with Gasteiger partial charge in [0.15, 0.2) is 0 Å². The number of halogens is 2. The maximum atomic E-state index is 9.75. The van der Waals surface area contributed by atoms with Crippen molar-refractivity contribution in [2.45, 2.75) is 6.54 Å². The lowest BCUT2D eigenvalue weighted by atomic mass is 10.0. The van der Waals surface area contributed by atoms with Crippen LogP contribution in [0.4, 0.5) is 11.4 Å². The number of ether oxygens (including phenoxy) is 1. The highest BCUT2D eigenvalue weighted by atomic mass is 35.5. The second kappa shape index (κ2) is 12.2. The van der Waals surface area contributed by atoms with Gasteiger partial charge in [-0.1, -0.05) is 35.3 Å². The first-order valence-corrected chi connectivity index (χ1v) is 13.4. The molecule has 0 aliphatic carbocycles. The van der Waals surface area contributed by atoms with Crippen molar-refractivity contribution in [3.05, 3.63) is 76.0 Å². The Hall–Kier alpha value is -3.45. The molecule has 0 saturated carbocycles. The number of aliphatic hydroxyl groups is 1. The summed E-state index contributed by atoms with van der Waals surface area (Å²) in [6.07, 6.45) is 3.47. The van der Waals surface area contributed by atoms with Crippen molar-refractivity contribution in [1.82, 2.24) is 19.8 Å². The first kappa shape index (κ1) is 27.1. The molecule has 200 valence electrons. The molecule has 0 spiro atoms. The van der Waals surface area contributed by atoms with Gasteiger partial charge in [-0.25, -0.2) is 0 Å². The van der Waals surface area contributed by atoms with Gasteiger partial charge in [0.05, 0.1) is 51.9 Å². The Morgan fingerprint density at radius 2 is 1.79 bits per heavy atom. The van der Waals surface area contributed by atoms with Crippen LogP contribution >= 0.6 is 23.2 Å². The number of benzene rings is 2. The van der Waals surface area contributed by atoms with E-state index in [1.54, 1.807) is 18.3 Å². The summed E-state index contributed by atoms with van der Waals surface area (Å²) in [6, 6.07) is 15.5. The molecule has 2 aromatic carbocycles. The summed E-state index contributed by atoms with van der Waals surface area (Å²) in [7, 11) is 1.53. The van der Waals surface area contributed by atoms with Crippen molar-refractivity contribution in [2.75, 3.05) is 51.8 Å². The number of hydrogen-bond acceptors (Lipinski definition) is 8. The highest BCUT2D eigenvalue weighted by Crippen LogP contribution is 2.38. The Morgan fingerprint density at radius 1 is 1.00 bits per heavy atom. The lowest BCUT2D eigenvalue weighted by Crippen LogP contribution is -2.46. The number of methoxy groups -OCH3 is 1. The smallest absolute Gasteiger partial charge is 0.139 e. The zero-order chi connectivity index (χ0) is 27.4. The minimum Gasteiger partial charge on any atom is -0.495 e. The summed E-state index contributed by atoms with van der Waals surface area (Å²) in [4.78, 5) is 13.9. The molecule has 39 heavy (non-hydrogen) atoms. The fourth-order valence-corrected chi connectivity index (χ4v) is 5.26. The van der Waals surface area contributed by atoms with Gasteiger partial charge in [0, 0.05) is 68.7 Å². The van der Waals surface area contributed by atoms with E-state index in [1.165, 1.54) is 7.11 Å².